The van der Waals surface area contributed by atoms with E-state index in [4.69, 9.17) is 0 Å². The summed E-state index contributed by atoms with van der Waals surface area (Å²) in [6.45, 7) is -3.52. The van der Waals surface area contributed by atoms with E-state index in [9.17, 15) is 57.1 Å². The highest BCUT2D eigenvalue weighted by molar-refractivity contribution is 5.06. The molecule has 0 bridgehead atoms. The highest BCUT2D eigenvalue weighted by Gasteiger charge is 2.87. The second-order valence-corrected chi connectivity index (χ2v) is 4.02. The molecule has 0 aliphatic heterocycles. The monoisotopic (exact) mass is 364 g/mol. The molecular formula is C8H5F13O. The third kappa shape index (κ3) is 3.51. The first-order valence-electron chi connectivity index (χ1n) is 4.80. The van der Waals surface area contributed by atoms with E-state index in [1.54, 1.807) is 0 Å². The van der Waals surface area contributed by atoms with Crippen LogP contribution in [0, 0.1) is 0 Å². The SMILES string of the molecule is CC(F)(F)OCC(F)(F)C(F)(F)C(F)(F)C(F)(F)C(F)(F)F. The second kappa shape index (κ2) is 5.30. The summed E-state index contributed by atoms with van der Waals surface area (Å²) in [5.74, 6) is -29.0. The molecule has 0 N–H and O–H groups in total. The van der Waals surface area contributed by atoms with Crippen LogP contribution in [0.4, 0.5) is 57.1 Å². The fourth-order valence-corrected chi connectivity index (χ4v) is 0.913. The topological polar surface area (TPSA) is 9.23 Å². The summed E-state index contributed by atoms with van der Waals surface area (Å²) < 4.78 is 163. The van der Waals surface area contributed by atoms with Crippen molar-refractivity contribution in [1.29, 1.82) is 0 Å². The minimum Gasteiger partial charge on any atom is -0.314 e. The first kappa shape index (κ1) is 21.0. The molecule has 0 atom stereocenters. The van der Waals surface area contributed by atoms with Crippen LogP contribution < -0.4 is 0 Å². The molecule has 0 rings (SSSR count). The van der Waals surface area contributed by atoms with Crippen molar-refractivity contribution < 1.29 is 61.8 Å². The lowest BCUT2D eigenvalue weighted by atomic mass is 9.98. The number of hydrogen-bond acceptors (Lipinski definition) is 1. The van der Waals surface area contributed by atoms with E-state index in [0.29, 0.717) is 0 Å². The molecule has 0 amide bonds. The largest absolute Gasteiger partial charge is 0.460 e. The van der Waals surface area contributed by atoms with Gasteiger partial charge in [0.25, 0.3) is 0 Å². The van der Waals surface area contributed by atoms with Gasteiger partial charge in [-0.05, 0) is 0 Å². The molecule has 0 aromatic carbocycles. The molecule has 0 saturated heterocycles. The zero-order chi connectivity index (χ0) is 18.4. The lowest BCUT2D eigenvalue weighted by Crippen LogP contribution is -2.67. The number of hydrogen-bond donors (Lipinski definition) is 0. The number of halogens is 13. The number of alkyl halides is 13. The summed E-state index contributed by atoms with van der Waals surface area (Å²) in [4.78, 5) is 0. The molecule has 0 aromatic rings. The first-order valence-corrected chi connectivity index (χ1v) is 4.80. The quantitative estimate of drug-likeness (QED) is 0.620. The summed E-state index contributed by atoms with van der Waals surface area (Å²) in [5.41, 5.74) is 0. The van der Waals surface area contributed by atoms with Crippen molar-refractivity contribution in [3.8, 4) is 0 Å². The molecule has 0 unspecified atom stereocenters. The molecule has 134 valence electrons. The lowest BCUT2D eigenvalue weighted by molar-refractivity contribution is -0.428. The Morgan fingerprint density at radius 1 is 0.591 bits per heavy atom. The molecule has 0 fully saturated rings. The summed E-state index contributed by atoms with van der Waals surface area (Å²) >= 11 is 0. The Labute approximate surface area is 113 Å². The van der Waals surface area contributed by atoms with Crippen LogP contribution in [0.2, 0.25) is 0 Å². The summed E-state index contributed by atoms with van der Waals surface area (Å²) in [5, 5.41) is 0. The van der Waals surface area contributed by atoms with Crippen LogP contribution in [-0.4, -0.2) is 42.6 Å². The van der Waals surface area contributed by atoms with Gasteiger partial charge >= 0.3 is 36.0 Å². The van der Waals surface area contributed by atoms with Crippen LogP contribution in [-0.2, 0) is 4.74 Å². The van der Waals surface area contributed by atoms with Crippen LogP contribution in [0.15, 0.2) is 0 Å². The van der Waals surface area contributed by atoms with Crippen LogP contribution in [0.1, 0.15) is 6.92 Å². The van der Waals surface area contributed by atoms with E-state index >= 15 is 0 Å². The predicted molar refractivity (Wildman–Crippen MR) is 42.4 cm³/mol. The first-order chi connectivity index (χ1) is 9.21. The van der Waals surface area contributed by atoms with Crippen molar-refractivity contribution in [2.75, 3.05) is 6.61 Å². The lowest BCUT2D eigenvalue weighted by Gasteiger charge is -2.37. The highest BCUT2D eigenvalue weighted by atomic mass is 19.4. The molecule has 0 aromatic heterocycles. The average molecular weight is 364 g/mol. The van der Waals surface area contributed by atoms with E-state index in [2.05, 4.69) is 4.74 Å². The molecule has 22 heavy (non-hydrogen) atoms. The van der Waals surface area contributed by atoms with Crippen LogP contribution in [0.5, 0.6) is 0 Å². The van der Waals surface area contributed by atoms with E-state index < -0.39 is 42.6 Å². The Kier molecular flexibility index (Phi) is 5.07. The Morgan fingerprint density at radius 2 is 0.955 bits per heavy atom. The van der Waals surface area contributed by atoms with E-state index in [1.807, 2.05) is 0 Å². The third-order valence-corrected chi connectivity index (χ3v) is 2.11. The van der Waals surface area contributed by atoms with E-state index in [1.165, 1.54) is 0 Å². The maximum atomic E-state index is 12.8. The third-order valence-electron chi connectivity index (χ3n) is 2.11. The van der Waals surface area contributed by atoms with Gasteiger partial charge in [-0.2, -0.15) is 57.1 Å². The molecule has 0 spiro atoms. The smallest absolute Gasteiger partial charge is 0.314 e. The standard InChI is InChI=1S/C8H5F13O/c1-3(9,10)22-2-4(11,12)5(13,14)6(15,16)7(17,18)8(19,20)21/h2H2,1H3. The molecule has 0 aliphatic rings. The zero-order valence-electron chi connectivity index (χ0n) is 10.0. The Balaban J connectivity index is 5.69. The van der Waals surface area contributed by atoms with Gasteiger partial charge in [0.2, 0.25) is 0 Å². The maximum Gasteiger partial charge on any atom is 0.460 e. The fraction of sp³-hybridized carbons (Fsp3) is 1.00. The van der Waals surface area contributed by atoms with Gasteiger partial charge in [-0.3, -0.25) is 0 Å². The Hall–Kier alpha value is -0.950. The van der Waals surface area contributed by atoms with Crippen molar-refractivity contribution in [1.82, 2.24) is 0 Å². The second-order valence-electron chi connectivity index (χ2n) is 4.02. The van der Waals surface area contributed by atoms with Gasteiger partial charge < -0.3 is 4.74 Å². The van der Waals surface area contributed by atoms with Crippen molar-refractivity contribution in [2.24, 2.45) is 0 Å². The van der Waals surface area contributed by atoms with Crippen LogP contribution in [0.3, 0.4) is 0 Å². The van der Waals surface area contributed by atoms with Crippen LogP contribution in [0.25, 0.3) is 0 Å². The minimum absolute atomic E-state index is 0.288. The van der Waals surface area contributed by atoms with Gasteiger partial charge in [0.1, 0.15) is 6.61 Å². The van der Waals surface area contributed by atoms with E-state index in [-0.39, 0.29) is 6.92 Å². The van der Waals surface area contributed by atoms with Gasteiger partial charge in [-0.15, -0.1) is 0 Å². The molecule has 1 nitrogen and oxygen atoms in total. The van der Waals surface area contributed by atoms with Gasteiger partial charge in [-0.25, -0.2) is 0 Å². The highest BCUT2D eigenvalue weighted by Crippen LogP contribution is 2.57. The van der Waals surface area contributed by atoms with Gasteiger partial charge in [-0.1, -0.05) is 0 Å². The fourth-order valence-electron chi connectivity index (χ4n) is 0.913. The summed E-state index contributed by atoms with van der Waals surface area (Å²) in [7, 11) is 0. The average Bonchev–Trinajstić information content (AvgIpc) is 2.23. The molecule has 0 saturated carbocycles. The molecule has 14 heteroatoms. The normalized spacial score (nSPS) is 16.1. The van der Waals surface area contributed by atoms with Gasteiger partial charge in [0.15, 0.2) is 0 Å². The van der Waals surface area contributed by atoms with Gasteiger partial charge in [0.05, 0.1) is 0 Å². The molecule has 0 heterocycles. The summed E-state index contributed by atoms with van der Waals surface area (Å²) in [6.07, 6.45) is -11.9. The van der Waals surface area contributed by atoms with E-state index in [0.717, 1.165) is 0 Å². The number of rotatable bonds is 6. The van der Waals surface area contributed by atoms with Gasteiger partial charge in [0, 0.05) is 6.92 Å². The molecular weight excluding hydrogens is 359 g/mol. The van der Waals surface area contributed by atoms with Crippen molar-refractivity contribution in [3.05, 3.63) is 0 Å². The van der Waals surface area contributed by atoms with Crippen molar-refractivity contribution in [3.63, 3.8) is 0 Å². The van der Waals surface area contributed by atoms with Crippen molar-refractivity contribution in [2.45, 2.75) is 42.9 Å². The number of ether oxygens (including phenoxy) is 1. The Morgan fingerprint density at radius 3 is 1.23 bits per heavy atom. The summed E-state index contributed by atoms with van der Waals surface area (Å²) in [6, 6.07) is 0. The Bertz CT molecular complexity index is 390. The molecule has 0 radical (unpaired) electrons. The molecule has 0 aliphatic carbocycles. The maximum absolute atomic E-state index is 12.8. The minimum atomic E-state index is -7.63. The van der Waals surface area contributed by atoms with Crippen LogP contribution >= 0.6 is 0 Å². The predicted octanol–water partition coefficient (Wildman–Crippen LogP) is 4.72. The van der Waals surface area contributed by atoms with Crippen molar-refractivity contribution >= 4 is 0 Å². The zero-order valence-corrected chi connectivity index (χ0v) is 10.0.